The number of hydrogen-bond acceptors (Lipinski definition) is 4. The second-order valence-corrected chi connectivity index (χ2v) is 7.16. The number of benzene rings is 1. The molecule has 0 saturated carbocycles. The number of methoxy groups -OCH3 is 1. The summed E-state index contributed by atoms with van der Waals surface area (Å²) >= 11 is 6.05. The Labute approximate surface area is 147 Å². The van der Waals surface area contributed by atoms with Gasteiger partial charge in [0.2, 0.25) is 5.91 Å². The molecule has 0 radical (unpaired) electrons. The number of ether oxygens (including phenoxy) is 1. The second kappa shape index (κ2) is 7.53. The van der Waals surface area contributed by atoms with Gasteiger partial charge >= 0.3 is 5.97 Å². The van der Waals surface area contributed by atoms with Crippen LogP contribution in [0.2, 0.25) is 5.02 Å². The third kappa shape index (κ3) is 4.08. The quantitative estimate of drug-likeness (QED) is 0.764. The molecule has 130 valence electrons. The summed E-state index contributed by atoms with van der Waals surface area (Å²) in [5, 5.41) is 0.772. The highest BCUT2D eigenvalue weighted by molar-refractivity contribution is 6.30. The second-order valence-electron chi connectivity index (χ2n) is 6.72. The molecule has 1 aromatic carbocycles. The van der Waals surface area contributed by atoms with Crippen molar-refractivity contribution in [3.8, 4) is 0 Å². The Balaban J connectivity index is 1.47. The van der Waals surface area contributed by atoms with Gasteiger partial charge in [0.05, 0.1) is 13.5 Å². The first-order chi connectivity index (χ1) is 11.5. The molecule has 0 spiro atoms. The Morgan fingerprint density at radius 2 is 1.88 bits per heavy atom. The molecule has 0 aliphatic carbocycles. The molecule has 0 N–H and O–H groups in total. The van der Waals surface area contributed by atoms with Crippen LogP contribution in [-0.2, 0) is 20.9 Å². The smallest absolute Gasteiger partial charge is 0.306 e. The highest BCUT2D eigenvalue weighted by Gasteiger charge is 2.41. The first-order valence-electron chi connectivity index (χ1n) is 8.36. The maximum Gasteiger partial charge on any atom is 0.306 e. The van der Waals surface area contributed by atoms with E-state index < -0.39 is 0 Å². The molecule has 5 nitrogen and oxygen atoms in total. The van der Waals surface area contributed by atoms with E-state index in [-0.39, 0.29) is 24.7 Å². The van der Waals surface area contributed by atoms with Gasteiger partial charge in [-0.15, -0.1) is 0 Å². The zero-order valence-electron chi connectivity index (χ0n) is 13.9. The van der Waals surface area contributed by atoms with Crippen LogP contribution in [0.25, 0.3) is 0 Å². The lowest BCUT2D eigenvalue weighted by molar-refractivity contribution is -0.143. The SMILES string of the molecule is COC(=O)CCC(=O)N1C[C@H]2CN(Cc3cccc(Cl)c3)C[C@H]2C1. The van der Waals surface area contributed by atoms with Crippen LogP contribution in [0.3, 0.4) is 0 Å². The monoisotopic (exact) mass is 350 g/mol. The molecule has 6 heteroatoms. The van der Waals surface area contributed by atoms with Crippen molar-refractivity contribution in [1.29, 1.82) is 0 Å². The molecule has 0 bridgehead atoms. The Morgan fingerprint density at radius 3 is 2.50 bits per heavy atom. The summed E-state index contributed by atoms with van der Waals surface area (Å²) < 4.78 is 4.59. The van der Waals surface area contributed by atoms with E-state index in [1.54, 1.807) is 0 Å². The van der Waals surface area contributed by atoms with Gasteiger partial charge in [-0.3, -0.25) is 14.5 Å². The van der Waals surface area contributed by atoms with Crippen molar-refractivity contribution in [2.45, 2.75) is 19.4 Å². The van der Waals surface area contributed by atoms with Crippen molar-refractivity contribution in [2.24, 2.45) is 11.8 Å². The standard InChI is InChI=1S/C18H23ClN2O3/c1-24-18(23)6-5-17(22)21-11-14-9-20(10-15(14)12-21)8-13-3-2-4-16(19)7-13/h2-4,7,14-15H,5-6,8-12H2,1H3/t14-,15+. The van der Waals surface area contributed by atoms with Crippen molar-refractivity contribution in [2.75, 3.05) is 33.3 Å². The molecule has 1 amide bonds. The largest absolute Gasteiger partial charge is 0.469 e. The van der Waals surface area contributed by atoms with Gasteiger partial charge in [0.1, 0.15) is 0 Å². The van der Waals surface area contributed by atoms with E-state index >= 15 is 0 Å². The molecule has 1 aromatic rings. The third-order valence-electron chi connectivity index (χ3n) is 4.98. The number of hydrogen-bond donors (Lipinski definition) is 0. The number of esters is 1. The molecule has 3 rings (SSSR count). The van der Waals surface area contributed by atoms with E-state index in [0.717, 1.165) is 37.7 Å². The van der Waals surface area contributed by atoms with Gasteiger partial charge < -0.3 is 9.64 Å². The molecule has 2 atom stereocenters. The van der Waals surface area contributed by atoms with Crippen LogP contribution in [0.15, 0.2) is 24.3 Å². The van der Waals surface area contributed by atoms with Gasteiger partial charge in [-0.05, 0) is 29.5 Å². The van der Waals surface area contributed by atoms with Crippen molar-refractivity contribution in [1.82, 2.24) is 9.80 Å². The van der Waals surface area contributed by atoms with Gasteiger partial charge in [-0.25, -0.2) is 0 Å². The zero-order valence-corrected chi connectivity index (χ0v) is 14.7. The molecule has 0 aromatic heterocycles. The number of carbonyl (C=O) groups excluding carboxylic acids is 2. The maximum absolute atomic E-state index is 12.2. The molecule has 2 fully saturated rings. The minimum atomic E-state index is -0.324. The predicted octanol–water partition coefficient (Wildman–Crippen LogP) is 2.18. The van der Waals surface area contributed by atoms with Crippen LogP contribution in [0.5, 0.6) is 0 Å². The summed E-state index contributed by atoms with van der Waals surface area (Å²) in [6, 6.07) is 7.98. The van der Waals surface area contributed by atoms with Crippen LogP contribution < -0.4 is 0 Å². The molecule has 2 saturated heterocycles. The third-order valence-corrected chi connectivity index (χ3v) is 5.22. The molecule has 2 heterocycles. The first-order valence-corrected chi connectivity index (χ1v) is 8.74. The van der Waals surface area contributed by atoms with E-state index in [9.17, 15) is 9.59 Å². The van der Waals surface area contributed by atoms with E-state index in [1.165, 1.54) is 12.7 Å². The van der Waals surface area contributed by atoms with E-state index in [4.69, 9.17) is 11.6 Å². The van der Waals surface area contributed by atoms with Crippen LogP contribution in [0.4, 0.5) is 0 Å². The van der Waals surface area contributed by atoms with Gasteiger partial charge in [-0.2, -0.15) is 0 Å². The first kappa shape index (κ1) is 17.2. The zero-order chi connectivity index (χ0) is 17.1. The number of nitrogens with zero attached hydrogens (tertiary/aromatic N) is 2. The summed E-state index contributed by atoms with van der Waals surface area (Å²) in [5.41, 5.74) is 1.23. The average molecular weight is 351 g/mol. The van der Waals surface area contributed by atoms with E-state index in [0.29, 0.717) is 11.8 Å². The number of carbonyl (C=O) groups is 2. The Bertz CT molecular complexity index is 608. The van der Waals surface area contributed by atoms with Crippen molar-refractivity contribution in [3.63, 3.8) is 0 Å². The predicted molar refractivity (Wildman–Crippen MR) is 91.5 cm³/mol. The topological polar surface area (TPSA) is 49.9 Å². The van der Waals surface area contributed by atoms with Crippen molar-refractivity contribution < 1.29 is 14.3 Å². The lowest BCUT2D eigenvalue weighted by Crippen LogP contribution is -2.33. The minimum Gasteiger partial charge on any atom is -0.469 e. The number of halogens is 1. The van der Waals surface area contributed by atoms with Crippen LogP contribution >= 0.6 is 11.6 Å². The van der Waals surface area contributed by atoms with Gasteiger partial charge in [0, 0.05) is 44.2 Å². The van der Waals surface area contributed by atoms with Crippen LogP contribution in [-0.4, -0.2) is 55.0 Å². The molecule has 0 unspecified atom stereocenters. The summed E-state index contributed by atoms with van der Waals surface area (Å²) in [6.45, 7) is 4.53. The Kier molecular flexibility index (Phi) is 5.41. The maximum atomic E-state index is 12.2. The van der Waals surface area contributed by atoms with Crippen LogP contribution in [0, 0.1) is 11.8 Å². The Morgan fingerprint density at radius 1 is 1.17 bits per heavy atom. The molecule has 24 heavy (non-hydrogen) atoms. The summed E-state index contributed by atoms with van der Waals surface area (Å²) in [4.78, 5) is 27.7. The number of likely N-dealkylation sites (tertiary alicyclic amines) is 2. The molecule has 2 aliphatic heterocycles. The molecule has 2 aliphatic rings. The fraction of sp³-hybridized carbons (Fsp3) is 0.556. The number of fused-ring (bicyclic) bond motifs is 1. The van der Waals surface area contributed by atoms with Crippen molar-refractivity contribution >= 4 is 23.5 Å². The lowest BCUT2D eigenvalue weighted by atomic mass is 10.0. The minimum absolute atomic E-state index is 0.0659. The van der Waals surface area contributed by atoms with Gasteiger partial charge in [0.25, 0.3) is 0 Å². The fourth-order valence-corrected chi connectivity index (χ4v) is 4.00. The highest BCUT2D eigenvalue weighted by Crippen LogP contribution is 2.32. The summed E-state index contributed by atoms with van der Waals surface area (Å²) in [7, 11) is 1.35. The van der Waals surface area contributed by atoms with Gasteiger partial charge in [0.15, 0.2) is 0 Å². The summed E-state index contributed by atoms with van der Waals surface area (Å²) in [6.07, 6.45) is 0.417. The Hall–Kier alpha value is -1.59. The van der Waals surface area contributed by atoms with E-state index in [1.807, 2.05) is 23.1 Å². The normalized spacial score (nSPS) is 23.3. The molecular formula is C18H23ClN2O3. The highest BCUT2D eigenvalue weighted by atomic mass is 35.5. The average Bonchev–Trinajstić information content (AvgIpc) is 3.10. The number of amides is 1. The molecular weight excluding hydrogens is 328 g/mol. The number of rotatable bonds is 5. The van der Waals surface area contributed by atoms with Crippen LogP contribution in [0.1, 0.15) is 18.4 Å². The fourth-order valence-electron chi connectivity index (χ4n) is 3.79. The van der Waals surface area contributed by atoms with E-state index in [2.05, 4.69) is 15.7 Å². The summed E-state index contributed by atoms with van der Waals surface area (Å²) in [5.74, 6) is 0.809. The van der Waals surface area contributed by atoms with Gasteiger partial charge in [-0.1, -0.05) is 23.7 Å². The van der Waals surface area contributed by atoms with Crippen molar-refractivity contribution in [3.05, 3.63) is 34.9 Å². The lowest BCUT2D eigenvalue weighted by Gasteiger charge is -2.21.